The third kappa shape index (κ3) is 80.1. The molecule has 106 heavy (non-hydrogen) atoms. The first-order chi connectivity index (χ1) is 51.5. The van der Waals surface area contributed by atoms with Crippen molar-refractivity contribution >= 4 is 39.5 Å². The van der Waals surface area contributed by atoms with Crippen LogP contribution in [-0.4, -0.2) is 96.7 Å². The van der Waals surface area contributed by atoms with Crippen LogP contribution in [0.25, 0.3) is 0 Å². The second-order valence-corrected chi connectivity index (χ2v) is 34.7. The van der Waals surface area contributed by atoms with Gasteiger partial charge in [0.15, 0.2) is 12.2 Å². The summed E-state index contributed by atoms with van der Waals surface area (Å²) >= 11 is 0. The summed E-state index contributed by atoms with van der Waals surface area (Å²) in [4.78, 5) is 73.3. The quantitative estimate of drug-likeness (QED) is 0.0222. The fourth-order valence-corrected chi connectivity index (χ4v) is 15.2. The number of hydrogen-bond donors (Lipinski definition) is 3. The molecule has 0 spiro atoms. The highest BCUT2D eigenvalue weighted by Crippen LogP contribution is 2.45. The van der Waals surface area contributed by atoms with Crippen molar-refractivity contribution in [2.45, 2.75) is 490 Å². The number of aliphatic hydroxyl groups excluding tert-OH is 1. The molecule has 3 N–H and O–H groups in total. The van der Waals surface area contributed by atoms with Crippen LogP contribution in [0.4, 0.5) is 0 Å². The monoisotopic (exact) mass is 1550 g/mol. The Kier molecular flexibility index (Phi) is 78.2. The van der Waals surface area contributed by atoms with Crippen LogP contribution >= 0.6 is 15.6 Å². The Morgan fingerprint density at radius 3 is 0.642 bits per heavy atom. The van der Waals surface area contributed by atoms with E-state index in [1.165, 1.54) is 295 Å². The maximum atomic E-state index is 13.2. The number of rotatable bonds is 87. The summed E-state index contributed by atoms with van der Waals surface area (Å²) in [6.45, 7) is 7.41. The summed E-state index contributed by atoms with van der Waals surface area (Å²) in [5, 5.41) is 10.7. The highest BCUT2D eigenvalue weighted by atomic mass is 31.2. The lowest BCUT2D eigenvalue weighted by Gasteiger charge is -2.21. The lowest BCUT2D eigenvalue weighted by atomic mass is 10.0. The van der Waals surface area contributed by atoms with E-state index in [1.54, 1.807) is 0 Å². The van der Waals surface area contributed by atoms with Gasteiger partial charge in [-0.2, -0.15) is 0 Å². The fraction of sp³-hybridized carbons (Fsp3) is 0.954. The Labute approximate surface area is 651 Å². The first kappa shape index (κ1) is 104. The molecule has 2 unspecified atom stereocenters. The van der Waals surface area contributed by atoms with E-state index in [4.69, 9.17) is 37.0 Å². The maximum absolute atomic E-state index is 13.2. The zero-order valence-electron chi connectivity index (χ0n) is 69.6. The molecule has 17 nitrogen and oxygen atoms in total. The van der Waals surface area contributed by atoms with Gasteiger partial charge in [0, 0.05) is 25.7 Å². The standard InChI is InChI=1S/C87H170O17P2/c1-6-9-12-15-18-21-24-26-28-29-30-34-38-41-46-51-56-61-66-71-85(90)98-77-83(104-87(92)73-68-63-58-53-48-43-39-35-32-31-33-37-40-45-49-54-59-64-69-80(4)5)79-102-106(95,96)100-75-81(88)74-99-105(93,94)101-78-82(76-97-84(89)70-65-60-55-50-44-23-20-17-14-11-8-3)103-86(91)72-67-62-57-52-47-42-36-27-25-22-19-16-13-10-7-2/h80-83,88H,6-79H2,1-5H3,(H,93,94)(H,95,96)/t81-,82+,83+/m0/s1. The van der Waals surface area contributed by atoms with Crippen LogP contribution in [-0.2, 0) is 65.4 Å². The van der Waals surface area contributed by atoms with Crippen molar-refractivity contribution < 1.29 is 80.2 Å². The molecule has 0 aliphatic rings. The van der Waals surface area contributed by atoms with Crippen LogP contribution in [0.2, 0.25) is 0 Å². The molecule has 0 rings (SSSR count). The van der Waals surface area contributed by atoms with E-state index >= 15 is 0 Å². The van der Waals surface area contributed by atoms with E-state index in [0.717, 1.165) is 95.8 Å². The number of aliphatic hydroxyl groups is 1. The van der Waals surface area contributed by atoms with Crippen LogP contribution in [0.1, 0.15) is 471 Å². The molecule has 0 aromatic carbocycles. The first-order valence-corrected chi connectivity index (χ1v) is 48.1. The van der Waals surface area contributed by atoms with Gasteiger partial charge in [0.05, 0.1) is 26.4 Å². The van der Waals surface area contributed by atoms with Gasteiger partial charge < -0.3 is 33.8 Å². The lowest BCUT2D eigenvalue weighted by Crippen LogP contribution is -2.30. The smallest absolute Gasteiger partial charge is 0.462 e. The van der Waals surface area contributed by atoms with Crippen molar-refractivity contribution in [3.8, 4) is 0 Å². The maximum Gasteiger partial charge on any atom is 0.472 e. The minimum absolute atomic E-state index is 0.109. The summed E-state index contributed by atoms with van der Waals surface area (Å²) in [7, 11) is -9.93. The third-order valence-electron chi connectivity index (χ3n) is 20.5. The number of esters is 4. The zero-order chi connectivity index (χ0) is 77.6. The second kappa shape index (κ2) is 79.7. The Bertz CT molecular complexity index is 2010. The highest BCUT2D eigenvalue weighted by molar-refractivity contribution is 7.47. The van der Waals surface area contributed by atoms with E-state index in [9.17, 15) is 43.2 Å². The molecule has 0 amide bonds. The number of phosphoric acid groups is 2. The van der Waals surface area contributed by atoms with Crippen molar-refractivity contribution in [3.63, 3.8) is 0 Å². The van der Waals surface area contributed by atoms with Gasteiger partial charge in [0.25, 0.3) is 0 Å². The predicted molar refractivity (Wildman–Crippen MR) is 437 cm³/mol. The Hall–Kier alpha value is -1.94. The van der Waals surface area contributed by atoms with E-state index in [-0.39, 0.29) is 25.7 Å². The van der Waals surface area contributed by atoms with Crippen LogP contribution in [0, 0.1) is 5.92 Å². The number of hydrogen-bond acceptors (Lipinski definition) is 15. The summed E-state index contributed by atoms with van der Waals surface area (Å²) < 4.78 is 68.9. The molecule has 0 fully saturated rings. The molecular weight excluding hydrogens is 1380 g/mol. The molecule has 0 radical (unpaired) electrons. The van der Waals surface area contributed by atoms with Gasteiger partial charge >= 0.3 is 39.5 Å². The van der Waals surface area contributed by atoms with Crippen molar-refractivity contribution in [1.82, 2.24) is 0 Å². The second-order valence-electron chi connectivity index (χ2n) is 31.8. The molecule has 0 saturated carbocycles. The summed E-state index contributed by atoms with van der Waals surface area (Å²) in [5.74, 6) is -1.28. The van der Waals surface area contributed by atoms with Gasteiger partial charge in [-0.15, -0.1) is 0 Å². The topological polar surface area (TPSA) is 237 Å². The summed E-state index contributed by atoms with van der Waals surface area (Å²) in [5.41, 5.74) is 0. The van der Waals surface area contributed by atoms with E-state index < -0.39 is 97.5 Å². The molecule has 630 valence electrons. The Balaban J connectivity index is 5.23. The molecule has 0 bridgehead atoms. The average Bonchev–Trinajstić information content (AvgIpc) is 0.901. The van der Waals surface area contributed by atoms with Gasteiger partial charge in [0.1, 0.15) is 19.3 Å². The molecule has 0 aliphatic heterocycles. The Morgan fingerprint density at radius 2 is 0.434 bits per heavy atom. The van der Waals surface area contributed by atoms with Crippen molar-refractivity contribution in [2.75, 3.05) is 39.6 Å². The van der Waals surface area contributed by atoms with Crippen molar-refractivity contribution in [3.05, 3.63) is 0 Å². The van der Waals surface area contributed by atoms with E-state index in [2.05, 4.69) is 34.6 Å². The summed E-state index contributed by atoms with van der Waals surface area (Å²) in [6.07, 6.45) is 73.5. The highest BCUT2D eigenvalue weighted by Gasteiger charge is 2.30. The third-order valence-corrected chi connectivity index (χ3v) is 22.4. The first-order valence-electron chi connectivity index (χ1n) is 45.1. The molecule has 0 heterocycles. The number of unbranched alkanes of at least 4 members (excludes halogenated alkanes) is 59. The minimum Gasteiger partial charge on any atom is -0.462 e. The average molecular weight is 1550 g/mol. The zero-order valence-corrected chi connectivity index (χ0v) is 71.4. The molecule has 0 aromatic rings. The number of carbonyl (C=O) groups is 4. The van der Waals surface area contributed by atoms with Gasteiger partial charge in [-0.05, 0) is 31.6 Å². The van der Waals surface area contributed by atoms with Gasteiger partial charge in [-0.25, -0.2) is 9.13 Å². The Morgan fingerprint density at radius 1 is 0.255 bits per heavy atom. The van der Waals surface area contributed by atoms with Crippen molar-refractivity contribution in [2.24, 2.45) is 5.92 Å². The van der Waals surface area contributed by atoms with E-state index in [1.807, 2.05) is 0 Å². The van der Waals surface area contributed by atoms with Crippen molar-refractivity contribution in [1.29, 1.82) is 0 Å². The molecule has 0 aromatic heterocycles. The van der Waals surface area contributed by atoms with Gasteiger partial charge in [-0.1, -0.05) is 420 Å². The normalized spacial score (nSPS) is 13.7. The SMILES string of the molecule is CCCCCCCCCCCCCCCCCCCCCC(=O)OC[C@H](COP(=O)(O)OC[C@@H](O)COP(=O)(O)OC[C@@H](COC(=O)CCCCCCCCCCCCC)OC(=O)CCCCCCCCCCCCCCCCC)OC(=O)CCCCCCCCCCCCCCCCCCCCC(C)C. The van der Waals surface area contributed by atoms with Gasteiger partial charge in [-0.3, -0.25) is 37.3 Å². The number of ether oxygens (including phenoxy) is 4. The molecule has 0 saturated heterocycles. The minimum atomic E-state index is -4.97. The molecule has 0 aliphatic carbocycles. The van der Waals surface area contributed by atoms with Crippen LogP contribution in [0.15, 0.2) is 0 Å². The fourth-order valence-electron chi connectivity index (χ4n) is 13.6. The van der Waals surface area contributed by atoms with Crippen LogP contribution in [0.3, 0.4) is 0 Å². The summed E-state index contributed by atoms with van der Waals surface area (Å²) in [6, 6.07) is 0. The molecule has 19 heteroatoms. The lowest BCUT2D eigenvalue weighted by molar-refractivity contribution is -0.161. The predicted octanol–water partition coefficient (Wildman–Crippen LogP) is 26.8. The van der Waals surface area contributed by atoms with E-state index in [0.29, 0.717) is 25.7 Å². The largest absolute Gasteiger partial charge is 0.472 e. The van der Waals surface area contributed by atoms with Crippen LogP contribution in [0.5, 0.6) is 0 Å². The number of phosphoric ester groups is 2. The van der Waals surface area contributed by atoms with Gasteiger partial charge in [0.2, 0.25) is 0 Å². The van der Waals surface area contributed by atoms with Crippen LogP contribution < -0.4 is 0 Å². The molecular formula is C87H170O17P2. The number of carbonyl (C=O) groups excluding carboxylic acids is 4. The molecule has 5 atom stereocenters.